The summed E-state index contributed by atoms with van der Waals surface area (Å²) in [5.41, 5.74) is 3.15. The van der Waals surface area contributed by atoms with Crippen LogP contribution in [0.2, 0.25) is 5.02 Å². The van der Waals surface area contributed by atoms with Gasteiger partial charge in [-0.05, 0) is 54.2 Å². The minimum absolute atomic E-state index is 0.369. The molecule has 1 saturated carbocycles. The number of hydrogen-bond donors (Lipinski definition) is 1. The van der Waals surface area contributed by atoms with Crippen LogP contribution in [-0.4, -0.2) is 0 Å². The standard InChI is InChI=1S/C18H17ClN2/c19-17-8-6-16(7-9-17)18(15-4-5-15)21-12-14-3-1-2-13(10-14)11-20/h1-3,6-10,15,18,21H,4-5,12H2. The molecule has 0 amide bonds. The molecule has 3 heteroatoms. The van der Waals surface area contributed by atoms with E-state index in [0.717, 1.165) is 17.1 Å². The molecule has 1 fully saturated rings. The van der Waals surface area contributed by atoms with E-state index in [1.165, 1.54) is 18.4 Å². The van der Waals surface area contributed by atoms with Gasteiger partial charge < -0.3 is 5.32 Å². The van der Waals surface area contributed by atoms with Crippen LogP contribution in [0, 0.1) is 17.2 Å². The van der Waals surface area contributed by atoms with Gasteiger partial charge in [0, 0.05) is 17.6 Å². The van der Waals surface area contributed by atoms with Crippen molar-refractivity contribution >= 4 is 11.6 Å². The number of nitriles is 1. The lowest BCUT2D eigenvalue weighted by atomic mass is 10.0. The van der Waals surface area contributed by atoms with E-state index in [9.17, 15) is 0 Å². The third-order valence-corrected chi connectivity index (χ3v) is 4.16. The molecule has 1 atom stereocenters. The number of benzene rings is 2. The lowest BCUT2D eigenvalue weighted by Gasteiger charge is -2.19. The minimum atomic E-state index is 0.369. The first-order chi connectivity index (χ1) is 10.3. The zero-order chi connectivity index (χ0) is 14.7. The van der Waals surface area contributed by atoms with Gasteiger partial charge in [0.25, 0.3) is 0 Å². The van der Waals surface area contributed by atoms with Gasteiger partial charge in [0.05, 0.1) is 11.6 Å². The van der Waals surface area contributed by atoms with Crippen LogP contribution in [-0.2, 0) is 6.54 Å². The molecule has 0 saturated heterocycles. The molecule has 0 radical (unpaired) electrons. The van der Waals surface area contributed by atoms with Gasteiger partial charge >= 0.3 is 0 Å². The SMILES string of the molecule is N#Cc1cccc(CNC(c2ccc(Cl)cc2)C2CC2)c1. The third kappa shape index (κ3) is 3.64. The topological polar surface area (TPSA) is 35.8 Å². The number of nitrogens with zero attached hydrogens (tertiary/aromatic N) is 1. The Hall–Kier alpha value is -1.82. The molecule has 0 bridgehead atoms. The van der Waals surface area contributed by atoms with Crippen molar-refractivity contribution in [2.45, 2.75) is 25.4 Å². The van der Waals surface area contributed by atoms with Crippen molar-refractivity contribution in [2.24, 2.45) is 5.92 Å². The molecule has 2 nitrogen and oxygen atoms in total. The van der Waals surface area contributed by atoms with Crippen LogP contribution in [0.1, 0.15) is 35.6 Å². The van der Waals surface area contributed by atoms with Crippen LogP contribution in [0.4, 0.5) is 0 Å². The summed E-state index contributed by atoms with van der Waals surface area (Å²) >= 11 is 5.97. The number of rotatable bonds is 5. The largest absolute Gasteiger partial charge is 0.306 e. The van der Waals surface area contributed by atoms with Gasteiger partial charge in [-0.1, -0.05) is 35.9 Å². The summed E-state index contributed by atoms with van der Waals surface area (Å²) < 4.78 is 0. The predicted octanol–water partition coefficient (Wildman–Crippen LogP) is 4.45. The van der Waals surface area contributed by atoms with Crippen LogP contribution in [0.15, 0.2) is 48.5 Å². The van der Waals surface area contributed by atoms with Crippen molar-refractivity contribution in [2.75, 3.05) is 0 Å². The molecule has 0 aliphatic heterocycles. The second kappa shape index (κ2) is 6.30. The first-order valence-electron chi connectivity index (χ1n) is 7.24. The fourth-order valence-electron chi connectivity index (χ4n) is 2.64. The van der Waals surface area contributed by atoms with E-state index in [1.54, 1.807) is 0 Å². The average molecular weight is 297 g/mol. The van der Waals surface area contributed by atoms with Gasteiger partial charge in [0.2, 0.25) is 0 Å². The van der Waals surface area contributed by atoms with E-state index in [1.807, 2.05) is 30.3 Å². The normalized spacial score (nSPS) is 15.4. The Morgan fingerprint density at radius 2 is 1.95 bits per heavy atom. The maximum Gasteiger partial charge on any atom is 0.0991 e. The number of halogens is 1. The first-order valence-corrected chi connectivity index (χ1v) is 7.62. The maximum atomic E-state index is 8.96. The summed E-state index contributed by atoms with van der Waals surface area (Å²) in [4.78, 5) is 0. The van der Waals surface area contributed by atoms with E-state index in [4.69, 9.17) is 16.9 Å². The van der Waals surface area contributed by atoms with Crippen LogP contribution in [0.3, 0.4) is 0 Å². The molecule has 1 N–H and O–H groups in total. The highest BCUT2D eigenvalue weighted by Crippen LogP contribution is 2.41. The Balaban J connectivity index is 1.71. The Morgan fingerprint density at radius 3 is 2.62 bits per heavy atom. The molecule has 21 heavy (non-hydrogen) atoms. The van der Waals surface area contributed by atoms with E-state index >= 15 is 0 Å². The number of hydrogen-bond acceptors (Lipinski definition) is 2. The highest BCUT2D eigenvalue weighted by atomic mass is 35.5. The highest BCUT2D eigenvalue weighted by molar-refractivity contribution is 6.30. The molecular weight excluding hydrogens is 280 g/mol. The van der Waals surface area contributed by atoms with Crippen molar-refractivity contribution in [3.8, 4) is 6.07 Å². The molecule has 0 heterocycles. The van der Waals surface area contributed by atoms with Crippen LogP contribution >= 0.6 is 11.6 Å². The van der Waals surface area contributed by atoms with Gasteiger partial charge in [-0.25, -0.2) is 0 Å². The smallest absolute Gasteiger partial charge is 0.0991 e. The Bertz CT molecular complexity index is 654. The van der Waals surface area contributed by atoms with Gasteiger partial charge in [-0.3, -0.25) is 0 Å². The van der Waals surface area contributed by atoms with Crippen LogP contribution in [0.25, 0.3) is 0 Å². The molecule has 106 valence electrons. The monoisotopic (exact) mass is 296 g/mol. The van der Waals surface area contributed by atoms with Gasteiger partial charge in [0.1, 0.15) is 0 Å². The average Bonchev–Trinajstić information content (AvgIpc) is 3.34. The predicted molar refractivity (Wildman–Crippen MR) is 84.9 cm³/mol. The fourth-order valence-corrected chi connectivity index (χ4v) is 2.76. The fraction of sp³-hybridized carbons (Fsp3) is 0.278. The van der Waals surface area contributed by atoms with Gasteiger partial charge in [-0.15, -0.1) is 0 Å². The zero-order valence-corrected chi connectivity index (χ0v) is 12.5. The molecule has 2 aromatic carbocycles. The molecular formula is C18H17ClN2. The molecule has 0 aromatic heterocycles. The summed E-state index contributed by atoms with van der Waals surface area (Å²) in [6.07, 6.45) is 2.55. The third-order valence-electron chi connectivity index (χ3n) is 3.90. The highest BCUT2D eigenvalue weighted by Gasteiger charge is 2.31. The Kier molecular flexibility index (Phi) is 4.24. The van der Waals surface area contributed by atoms with Crippen molar-refractivity contribution in [1.82, 2.24) is 5.32 Å². The molecule has 1 aliphatic carbocycles. The van der Waals surface area contributed by atoms with Crippen LogP contribution in [0.5, 0.6) is 0 Å². The van der Waals surface area contributed by atoms with Crippen molar-refractivity contribution in [3.05, 3.63) is 70.2 Å². The van der Waals surface area contributed by atoms with E-state index in [0.29, 0.717) is 17.5 Å². The van der Waals surface area contributed by atoms with E-state index in [2.05, 4.69) is 29.6 Å². The first kappa shape index (κ1) is 14.1. The Morgan fingerprint density at radius 1 is 1.19 bits per heavy atom. The lowest BCUT2D eigenvalue weighted by molar-refractivity contribution is 0.480. The second-order valence-corrected chi connectivity index (χ2v) is 6.00. The maximum absolute atomic E-state index is 8.96. The van der Waals surface area contributed by atoms with Crippen LogP contribution < -0.4 is 5.32 Å². The van der Waals surface area contributed by atoms with E-state index < -0.39 is 0 Å². The van der Waals surface area contributed by atoms with Gasteiger partial charge in [-0.2, -0.15) is 5.26 Å². The summed E-state index contributed by atoms with van der Waals surface area (Å²) in [5.74, 6) is 0.713. The van der Waals surface area contributed by atoms with Gasteiger partial charge in [0.15, 0.2) is 0 Å². The second-order valence-electron chi connectivity index (χ2n) is 5.56. The molecule has 2 aromatic rings. The summed E-state index contributed by atoms with van der Waals surface area (Å²) in [5, 5.41) is 13.4. The lowest BCUT2D eigenvalue weighted by Crippen LogP contribution is -2.22. The molecule has 1 unspecified atom stereocenters. The summed E-state index contributed by atoms with van der Waals surface area (Å²) in [7, 11) is 0. The molecule has 3 rings (SSSR count). The quantitative estimate of drug-likeness (QED) is 0.884. The summed E-state index contributed by atoms with van der Waals surface area (Å²) in [6, 6.07) is 18.4. The number of nitrogens with one attached hydrogen (secondary N) is 1. The van der Waals surface area contributed by atoms with Crippen molar-refractivity contribution in [3.63, 3.8) is 0 Å². The van der Waals surface area contributed by atoms with Crippen molar-refractivity contribution < 1.29 is 0 Å². The molecule has 0 spiro atoms. The Labute approximate surface area is 130 Å². The van der Waals surface area contributed by atoms with E-state index in [-0.39, 0.29) is 0 Å². The minimum Gasteiger partial charge on any atom is -0.306 e. The van der Waals surface area contributed by atoms with Crippen molar-refractivity contribution in [1.29, 1.82) is 5.26 Å². The molecule has 1 aliphatic rings. The zero-order valence-electron chi connectivity index (χ0n) is 11.7. The summed E-state index contributed by atoms with van der Waals surface area (Å²) in [6.45, 7) is 0.777.